The van der Waals surface area contributed by atoms with Crippen molar-refractivity contribution in [2.75, 3.05) is 37.1 Å². The van der Waals surface area contributed by atoms with Crippen molar-refractivity contribution in [1.82, 2.24) is 25.3 Å². The first-order valence-electron chi connectivity index (χ1n) is 9.52. The molecule has 4 heterocycles. The predicted octanol–water partition coefficient (Wildman–Crippen LogP) is 2.18. The van der Waals surface area contributed by atoms with Crippen molar-refractivity contribution in [2.45, 2.75) is 24.9 Å². The summed E-state index contributed by atoms with van der Waals surface area (Å²) >= 11 is 0. The maximum atomic E-state index is 11.9. The van der Waals surface area contributed by atoms with E-state index in [9.17, 15) is 4.79 Å². The van der Waals surface area contributed by atoms with E-state index in [2.05, 4.69) is 44.3 Å². The van der Waals surface area contributed by atoms with E-state index in [0.717, 1.165) is 49.2 Å². The van der Waals surface area contributed by atoms with Gasteiger partial charge < -0.3 is 20.0 Å². The largest absolute Gasteiger partial charge is 0.356 e. The van der Waals surface area contributed by atoms with Crippen LogP contribution < -0.4 is 15.3 Å². The first-order valence-corrected chi connectivity index (χ1v) is 9.52. The Bertz CT molecular complexity index is 857. The Balaban J connectivity index is 0.00000160. The van der Waals surface area contributed by atoms with E-state index in [1.165, 1.54) is 0 Å². The molecular weight excluding hydrogens is 425 g/mol. The lowest BCUT2D eigenvalue weighted by atomic mass is 10.0. The molecule has 2 aromatic heterocycles. The van der Waals surface area contributed by atoms with E-state index in [1.807, 2.05) is 24.4 Å². The van der Waals surface area contributed by atoms with Gasteiger partial charge in [0.2, 0.25) is 0 Å². The molecule has 2 aromatic rings. The molecule has 1 fully saturated rings. The van der Waals surface area contributed by atoms with E-state index >= 15 is 0 Å². The molecule has 0 bridgehead atoms. The van der Waals surface area contributed by atoms with Gasteiger partial charge in [0.1, 0.15) is 24.5 Å². The minimum atomic E-state index is -0.466. The maximum Gasteiger partial charge on any atom is 0.153 e. The summed E-state index contributed by atoms with van der Waals surface area (Å²) in [5.41, 5.74) is 4.95. The van der Waals surface area contributed by atoms with E-state index in [4.69, 9.17) is 0 Å². The molecular formula is C20H27Cl2N7O. The average Bonchev–Trinajstić information content (AvgIpc) is 3.19. The molecule has 0 radical (unpaired) electrons. The quantitative estimate of drug-likeness (QED) is 0.692. The van der Waals surface area contributed by atoms with Crippen LogP contribution in [0.3, 0.4) is 0 Å². The second kappa shape index (κ2) is 10.6. The number of nitrogens with one attached hydrogen (secondary N) is 1. The zero-order valence-corrected chi connectivity index (χ0v) is 18.6. The van der Waals surface area contributed by atoms with Gasteiger partial charge in [0, 0.05) is 54.9 Å². The van der Waals surface area contributed by atoms with E-state index in [1.54, 1.807) is 23.7 Å². The number of carbonyl (C=O) groups excluding carboxylic acids is 1. The fourth-order valence-corrected chi connectivity index (χ4v) is 3.83. The normalized spacial score (nSPS) is 18.9. The van der Waals surface area contributed by atoms with Crippen molar-refractivity contribution >= 4 is 48.3 Å². The van der Waals surface area contributed by atoms with Gasteiger partial charge in [-0.3, -0.25) is 9.99 Å². The van der Waals surface area contributed by atoms with Gasteiger partial charge in [-0.25, -0.2) is 9.97 Å². The first-order chi connectivity index (χ1) is 13.7. The van der Waals surface area contributed by atoms with Crippen LogP contribution in [0.1, 0.15) is 18.4 Å². The summed E-state index contributed by atoms with van der Waals surface area (Å²) in [5.74, 6) is 1.57. The molecule has 162 valence electrons. The van der Waals surface area contributed by atoms with Gasteiger partial charge in [-0.05, 0) is 33.0 Å². The van der Waals surface area contributed by atoms with Crippen LogP contribution >= 0.6 is 24.8 Å². The monoisotopic (exact) mass is 451 g/mol. The minimum Gasteiger partial charge on any atom is -0.356 e. The summed E-state index contributed by atoms with van der Waals surface area (Å²) in [4.78, 5) is 29.4. The molecule has 1 N–H and O–H groups in total. The smallest absolute Gasteiger partial charge is 0.153 e. The topological polar surface area (TPSA) is 77.5 Å². The van der Waals surface area contributed by atoms with E-state index < -0.39 is 6.04 Å². The Morgan fingerprint density at radius 3 is 2.53 bits per heavy atom. The second-order valence-corrected chi connectivity index (χ2v) is 7.34. The Morgan fingerprint density at radius 2 is 1.90 bits per heavy atom. The lowest BCUT2D eigenvalue weighted by Gasteiger charge is -2.36. The van der Waals surface area contributed by atoms with Gasteiger partial charge in [-0.2, -0.15) is 0 Å². The molecule has 1 atom stereocenters. The molecule has 0 aliphatic carbocycles. The zero-order valence-electron chi connectivity index (χ0n) is 17.0. The van der Waals surface area contributed by atoms with Crippen molar-refractivity contribution in [3.8, 4) is 0 Å². The number of halogens is 2. The van der Waals surface area contributed by atoms with Gasteiger partial charge >= 0.3 is 0 Å². The van der Waals surface area contributed by atoms with Crippen LogP contribution in [0.25, 0.3) is 5.57 Å². The van der Waals surface area contributed by atoms with E-state index in [-0.39, 0.29) is 24.8 Å². The highest BCUT2D eigenvalue weighted by Gasteiger charge is 2.30. The molecule has 2 aliphatic rings. The average molecular weight is 452 g/mol. The number of nitrogens with zero attached hydrogens (tertiary/aromatic N) is 6. The molecule has 1 unspecified atom stereocenters. The fourth-order valence-electron chi connectivity index (χ4n) is 3.83. The number of hydrogen-bond acceptors (Lipinski definition) is 8. The van der Waals surface area contributed by atoms with Crippen molar-refractivity contribution in [1.29, 1.82) is 0 Å². The van der Waals surface area contributed by atoms with Crippen molar-refractivity contribution in [3.05, 3.63) is 48.7 Å². The Kier molecular flexibility index (Phi) is 8.40. The molecule has 8 nitrogen and oxygen atoms in total. The number of piperidine rings is 1. The highest BCUT2D eigenvalue weighted by molar-refractivity contribution is 5.90. The highest BCUT2D eigenvalue weighted by atomic mass is 35.5. The summed E-state index contributed by atoms with van der Waals surface area (Å²) in [6.45, 7) is 1.92. The summed E-state index contributed by atoms with van der Waals surface area (Å²) in [6, 6.07) is 5.90. The zero-order chi connectivity index (χ0) is 19.5. The number of aromatic nitrogens is 3. The number of pyridine rings is 1. The summed E-state index contributed by atoms with van der Waals surface area (Å²) in [6.07, 6.45) is 10.0. The Hall–Kier alpha value is -2.42. The van der Waals surface area contributed by atoms with Crippen LogP contribution in [0.2, 0.25) is 0 Å². The second-order valence-electron chi connectivity index (χ2n) is 7.34. The third-order valence-electron chi connectivity index (χ3n) is 5.48. The van der Waals surface area contributed by atoms with Crippen LogP contribution in [0.5, 0.6) is 0 Å². The minimum absolute atomic E-state index is 0. The van der Waals surface area contributed by atoms with Crippen LogP contribution in [0, 0.1) is 0 Å². The lowest BCUT2D eigenvalue weighted by molar-refractivity contribution is -0.107. The first kappa shape index (κ1) is 23.9. The highest BCUT2D eigenvalue weighted by Crippen LogP contribution is 2.29. The number of rotatable bonds is 5. The number of anilines is 2. The molecule has 1 saturated heterocycles. The Labute approximate surface area is 189 Å². The number of carbonyl (C=O) groups is 1. The van der Waals surface area contributed by atoms with Gasteiger partial charge in [-0.15, -0.1) is 24.8 Å². The fraction of sp³-hybridized carbons (Fsp3) is 0.400. The lowest BCUT2D eigenvalue weighted by Crippen LogP contribution is -2.43. The summed E-state index contributed by atoms with van der Waals surface area (Å²) in [5, 5.41) is 1.77. The molecule has 30 heavy (non-hydrogen) atoms. The van der Waals surface area contributed by atoms with Gasteiger partial charge in [0.05, 0.1) is 0 Å². The maximum absolute atomic E-state index is 11.9. The molecule has 0 saturated carbocycles. The summed E-state index contributed by atoms with van der Waals surface area (Å²) < 4.78 is 0. The van der Waals surface area contributed by atoms with Gasteiger partial charge in [0.25, 0.3) is 0 Å². The SMILES string of the molecule is CN(C)C1CCN(c2cc(N3NC=C(c4cccnc4)C3C=O)ncn2)CC1.Cl.Cl. The molecule has 0 spiro atoms. The van der Waals surface area contributed by atoms with Crippen LogP contribution in [-0.2, 0) is 4.79 Å². The predicted molar refractivity (Wildman–Crippen MR) is 123 cm³/mol. The number of hydrogen-bond donors (Lipinski definition) is 1. The standard InChI is InChI=1S/C20H25N7O.2ClH/c1-25(2)16-5-8-26(9-6-16)19-10-20(23-14-22-19)27-18(13-28)17(12-24-27)15-4-3-7-21-11-15;;/h3-4,7,10-14,16,18,24H,5-6,8-9H2,1-2H3;2*1H. The molecule has 0 aromatic carbocycles. The van der Waals surface area contributed by atoms with Gasteiger partial charge in [-0.1, -0.05) is 6.07 Å². The van der Waals surface area contributed by atoms with Crippen molar-refractivity contribution in [2.24, 2.45) is 0 Å². The molecule has 4 rings (SSSR count). The third-order valence-corrected chi connectivity index (χ3v) is 5.48. The van der Waals surface area contributed by atoms with Crippen LogP contribution in [0.15, 0.2) is 43.1 Å². The molecule has 10 heteroatoms. The molecule has 2 aliphatic heterocycles. The number of hydrazine groups is 1. The molecule has 0 amide bonds. The van der Waals surface area contributed by atoms with Crippen LogP contribution in [-0.4, -0.2) is 65.4 Å². The Morgan fingerprint density at radius 1 is 1.17 bits per heavy atom. The summed E-state index contributed by atoms with van der Waals surface area (Å²) in [7, 11) is 4.27. The van der Waals surface area contributed by atoms with Crippen LogP contribution in [0.4, 0.5) is 11.6 Å². The van der Waals surface area contributed by atoms with Crippen molar-refractivity contribution < 1.29 is 4.79 Å². The van der Waals surface area contributed by atoms with Gasteiger partial charge in [0.15, 0.2) is 5.82 Å². The van der Waals surface area contributed by atoms with E-state index in [0.29, 0.717) is 11.9 Å². The number of aldehydes is 1. The van der Waals surface area contributed by atoms with Crippen molar-refractivity contribution in [3.63, 3.8) is 0 Å². The third kappa shape index (κ3) is 4.83.